The molecule has 3 aromatic carbocycles. The van der Waals surface area contributed by atoms with Gasteiger partial charge in [0.1, 0.15) is 0 Å². The van der Waals surface area contributed by atoms with Gasteiger partial charge in [0, 0.05) is 5.56 Å². The van der Waals surface area contributed by atoms with Gasteiger partial charge in [-0.25, -0.2) is 8.42 Å². The Morgan fingerprint density at radius 2 is 1.50 bits per heavy atom. The molecule has 0 aliphatic carbocycles. The van der Waals surface area contributed by atoms with Gasteiger partial charge in [-0.05, 0) is 48.9 Å². The standard InChI is InChI=1S/C21H19ClN2O3S/c1-15(16-7-3-2-4-8-16)23-21(25)17-11-13-18(14-12-17)28(26,27)24-20-10-6-5-9-19(20)22/h2-15,24H,1H3,(H,23,25). The van der Waals surface area contributed by atoms with Crippen LogP contribution in [0.5, 0.6) is 0 Å². The molecule has 0 spiro atoms. The topological polar surface area (TPSA) is 75.3 Å². The summed E-state index contributed by atoms with van der Waals surface area (Å²) in [7, 11) is -3.81. The van der Waals surface area contributed by atoms with Crippen LogP contribution in [0, 0.1) is 0 Å². The Kier molecular flexibility index (Phi) is 6.02. The van der Waals surface area contributed by atoms with Crippen LogP contribution in [0.2, 0.25) is 5.02 Å². The molecule has 144 valence electrons. The normalized spacial score (nSPS) is 12.2. The first-order valence-corrected chi connectivity index (χ1v) is 10.5. The van der Waals surface area contributed by atoms with Crippen molar-refractivity contribution in [1.82, 2.24) is 5.32 Å². The molecule has 3 rings (SSSR count). The smallest absolute Gasteiger partial charge is 0.261 e. The van der Waals surface area contributed by atoms with Gasteiger partial charge in [0.25, 0.3) is 15.9 Å². The Morgan fingerprint density at radius 1 is 0.893 bits per heavy atom. The van der Waals surface area contributed by atoms with E-state index in [4.69, 9.17) is 11.6 Å². The molecule has 1 amide bonds. The second kappa shape index (κ2) is 8.46. The number of hydrogen-bond donors (Lipinski definition) is 2. The van der Waals surface area contributed by atoms with Gasteiger partial charge in [0.2, 0.25) is 0 Å². The number of anilines is 1. The third kappa shape index (κ3) is 4.71. The third-order valence-electron chi connectivity index (χ3n) is 4.19. The minimum atomic E-state index is -3.81. The Bertz CT molecular complexity index is 1070. The zero-order chi connectivity index (χ0) is 20.1. The van der Waals surface area contributed by atoms with Gasteiger partial charge < -0.3 is 5.32 Å². The number of carbonyl (C=O) groups excluding carboxylic acids is 1. The zero-order valence-corrected chi connectivity index (χ0v) is 16.7. The number of carbonyl (C=O) groups is 1. The maximum atomic E-state index is 12.5. The van der Waals surface area contributed by atoms with Crippen molar-refractivity contribution in [2.24, 2.45) is 0 Å². The van der Waals surface area contributed by atoms with Gasteiger partial charge >= 0.3 is 0 Å². The van der Waals surface area contributed by atoms with Crippen molar-refractivity contribution in [3.05, 3.63) is 95.0 Å². The Balaban J connectivity index is 1.72. The van der Waals surface area contributed by atoms with Crippen molar-refractivity contribution in [3.63, 3.8) is 0 Å². The summed E-state index contributed by atoms with van der Waals surface area (Å²) < 4.78 is 27.5. The molecule has 0 bridgehead atoms. The number of sulfonamides is 1. The van der Waals surface area contributed by atoms with Gasteiger partial charge in [-0.1, -0.05) is 54.1 Å². The molecular weight excluding hydrogens is 396 g/mol. The molecule has 0 saturated carbocycles. The molecule has 1 atom stereocenters. The highest BCUT2D eigenvalue weighted by Crippen LogP contribution is 2.24. The largest absolute Gasteiger partial charge is 0.346 e. The summed E-state index contributed by atoms with van der Waals surface area (Å²) in [6.07, 6.45) is 0. The molecule has 3 aromatic rings. The molecule has 1 unspecified atom stereocenters. The van der Waals surface area contributed by atoms with Crippen LogP contribution in [0.1, 0.15) is 28.9 Å². The highest BCUT2D eigenvalue weighted by Gasteiger charge is 2.17. The van der Waals surface area contributed by atoms with Crippen molar-refractivity contribution in [1.29, 1.82) is 0 Å². The van der Waals surface area contributed by atoms with Crippen LogP contribution < -0.4 is 10.0 Å². The summed E-state index contributed by atoms with van der Waals surface area (Å²) >= 11 is 6.00. The van der Waals surface area contributed by atoms with E-state index in [1.165, 1.54) is 24.3 Å². The minimum Gasteiger partial charge on any atom is -0.346 e. The lowest BCUT2D eigenvalue weighted by atomic mass is 10.1. The molecule has 28 heavy (non-hydrogen) atoms. The quantitative estimate of drug-likeness (QED) is 0.617. The fraction of sp³-hybridized carbons (Fsp3) is 0.0952. The number of hydrogen-bond acceptors (Lipinski definition) is 3. The number of halogens is 1. The van der Waals surface area contributed by atoms with Crippen molar-refractivity contribution >= 4 is 33.2 Å². The van der Waals surface area contributed by atoms with Crippen LogP contribution in [0.4, 0.5) is 5.69 Å². The summed E-state index contributed by atoms with van der Waals surface area (Å²) in [6, 6.07) is 21.7. The molecule has 7 heteroatoms. The summed E-state index contributed by atoms with van der Waals surface area (Å²) in [5.41, 5.74) is 1.65. The van der Waals surface area contributed by atoms with E-state index >= 15 is 0 Å². The summed E-state index contributed by atoms with van der Waals surface area (Å²) in [4.78, 5) is 12.5. The van der Waals surface area contributed by atoms with E-state index in [0.29, 0.717) is 16.3 Å². The van der Waals surface area contributed by atoms with Crippen LogP contribution >= 0.6 is 11.6 Å². The van der Waals surface area contributed by atoms with Crippen molar-refractivity contribution in [2.45, 2.75) is 17.9 Å². The summed E-state index contributed by atoms with van der Waals surface area (Å²) in [5, 5.41) is 3.20. The van der Waals surface area contributed by atoms with E-state index < -0.39 is 10.0 Å². The lowest BCUT2D eigenvalue weighted by Crippen LogP contribution is -2.26. The van der Waals surface area contributed by atoms with Gasteiger partial charge in [-0.3, -0.25) is 9.52 Å². The lowest BCUT2D eigenvalue weighted by molar-refractivity contribution is 0.0940. The van der Waals surface area contributed by atoms with E-state index in [1.54, 1.807) is 24.3 Å². The minimum absolute atomic E-state index is 0.0417. The molecule has 0 aliphatic rings. The van der Waals surface area contributed by atoms with Crippen LogP contribution in [-0.4, -0.2) is 14.3 Å². The molecule has 0 aromatic heterocycles. The summed E-state index contributed by atoms with van der Waals surface area (Å²) in [5.74, 6) is -0.278. The number of nitrogens with one attached hydrogen (secondary N) is 2. The summed E-state index contributed by atoms with van der Waals surface area (Å²) in [6.45, 7) is 1.89. The number of benzene rings is 3. The maximum Gasteiger partial charge on any atom is 0.261 e. The molecular formula is C21H19ClN2O3S. The van der Waals surface area contributed by atoms with E-state index in [2.05, 4.69) is 10.0 Å². The third-order valence-corrected chi connectivity index (χ3v) is 5.90. The van der Waals surface area contributed by atoms with Gasteiger partial charge in [-0.15, -0.1) is 0 Å². The molecule has 2 N–H and O–H groups in total. The molecule has 0 aliphatic heterocycles. The van der Waals surface area contributed by atoms with Crippen LogP contribution in [0.3, 0.4) is 0 Å². The van der Waals surface area contributed by atoms with Crippen LogP contribution in [0.15, 0.2) is 83.8 Å². The predicted octanol–water partition coefficient (Wildman–Crippen LogP) is 4.63. The number of rotatable bonds is 6. The Morgan fingerprint density at radius 3 is 2.14 bits per heavy atom. The van der Waals surface area contributed by atoms with E-state index in [9.17, 15) is 13.2 Å². The van der Waals surface area contributed by atoms with E-state index in [-0.39, 0.29) is 16.8 Å². The van der Waals surface area contributed by atoms with Gasteiger partial charge in [0.15, 0.2) is 0 Å². The molecule has 0 heterocycles. The molecule has 0 radical (unpaired) electrons. The van der Waals surface area contributed by atoms with Crippen molar-refractivity contribution < 1.29 is 13.2 Å². The fourth-order valence-electron chi connectivity index (χ4n) is 2.64. The Labute approximate surface area is 169 Å². The van der Waals surface area contributed by atoms with E-state index in [1.807, 2.05) is 37.3 Å². The molecule has 0 fully saturated rings. The molecule has 5 nitrogen and oxygen atoms in total. The lowest BCUT2D eigenvalue weighted by Gasteiger charge is -2.14. The first kappa shape index (κ1) is 19.9. The van der Waals surface area contributed by atoms with Crippen LogP contribution in [0.25, 0.3) is 0 Å². The fourth-order valence-corrected chi connectivity index (χ4v) is 3.96. The van der Waals surface area contributed by atoms with Gasteiger partial charge in [0.05, 0.1) is 21.6 Å². The predicted molar refractivity (Wildman–Crippen MR) is 111 cm³/mol. The highest BCUT2D eigenvalue weighted by atomic mass is 35.5. The highest BCUT2D eigenvalue weighted by molar-refractivity contribution is 7.92. The monoisotopic (exact) mass is 414 g/mol. The van der Waals surface area contributed by atoms with Gasteiger partial charge in [-0.2, -0.15) is 0 Å². The van der Waals surface area contributed by atoms with Crippen LogP contribution in [-0.2, 0) is 10.0 Å². The van der Waals surface area contributed by atoms with Crippen molar-refractivity contribution in [2.75, 3.05) is 4.72 Å². The second-order valence-electron chi connectivity index (χ2n) is 6.22. The first-order chi connectivity index (χ1) is 13.4. The molecule has 0 saturated heterocycles. The number of para-hydroxylation sites is 1. The SMILES string of the molecule is CC(NC(=O)c1ccc(S(=O)(=O)Nc2ccccc2Cl)cc1)c1ccccc1. The zero-order valence-electron chi connectivity index (χ0n) is 15.1. The Hall–Kier alpha value is -2.83. The maximum absolute atomic E-state index is 12.5. The second-order valence-corrected chi connectivity index (χ2v) is 8.31. The van der Waals surface area contributed by atoms with E-state index in [0.717, 1.165) is 5.56 Å². The van der Waals surface area contributed by atoms with Crippen molar-refractivity contribution in [3.8, 4) is 0 Å². The number of amides is 1. The average Bonchev–Trinajstić information content (AvgIpc) is 2.70. The average molecular weight is 415 g/mol. The first-order valence-electron chi connectivity index (χ1n) is 8.60.